The Morgan fingerprint density at radius 2 is 1.96 bits per heavy atom. The van der Waals surface area contributed by atoms with Gasteiger partial charge >= 0.3 is 0 Å². The van der Waals surface area contributed by atoms with Crippen molar-refractivity contribution in [1.82, 2.24) is 20.3 Å². The standard InChI is InChI=1S/C16H19N5O2/c1-15(2,3)11-10-7-9(8-18-13(10)23-20-11)12-19-14(21-22-12)16(17)5-4-6-16/h7-8H,4-6,17H2,1-3H3. The molecule has 120 valence electrons. The van der Waals surface area contributed by atoms with Gasteiger partial charge in [0.05, 0.1) is 22.2 Å². The lowest BCUT2D eigenvalue weighted by molar-refractivity contribution is 0.229. The van der Waals surface area contributed by atoms with E-state index >= 15 is 0 Å². The largest absolute Gasteiger partial charge is 0.336 e. The van der Waals surface area contributed by atoms with E-state index in [1.807, 2.05) is 6.07 Å². The van der Waals surface area contributed by atoms with Crippen LogP contribution in [0.5, 0.6) is 0 Å². The molecule has 2 N–H and O–H groups in total. The van der Waals surface area contributed by atoms with Crippen LogP contribution in [0, 0.1) is 0 Å². The Morgan fingerprint density at radius 1 is 1.17 bits per heavy atom. The van der Waals surface area contributed by atoms with Crippen molar-refractivity contribution in [2.75, 3.05) is 0 Å². The van der Waals surface area contributed by atoms with Gasteiger partial charge in [0.2, 0.25) is 0 Å². The molecule has 23 heavy (non-hydrogen) atoms. The minimum Gasteiger partial charge on any atom is -0.336 e. The fourth-order valence-corrected chi connectivity index (χ4v) is 2.81. The highest BCUT2D eigenvalue weighted by Crippen LogP contribution is 2.38. The molecule has 3 aromatic heterocycles. The zero-order valence-corrected chi connectivity index (χ0v) is 13.5. The second kappa shape index (κ2) is 4.61. The van der Waals surface area contributed by atoms with E-state index in [0.29, 0.717) is 17.4 Å². The summed E-state index contributed by atoms with van der Waals surface area (Å²) in [5, 5.41) is 9.05. The molecule has 7 heteroatoms. The van der Waals surface area contributed by atoms with Gasteiger partial charge in [-0.2, -0.15) is 4.98 Å². The Balaban J connectivity index is 1.77. The van der Waals surface area contributed by atoms with Crippen molar-refractivity contribution in [1.29, 1.82) is 0 Å². The van der Waals surface area contributed by atoms with Crippen LogP contribution in [0.1, 0.15) is 51.6 Å². The molecule has 1 fully saturated rings. The SMILES string of the molecule is CC(C)(C)c1noc2ncc(-c3nc(C4(N)CCC4)no3)cc12. The van der Waals surface area contributed by atoms with Crippen molar-refractivity contribution >= 4 is 11.1 Å². The second-order valence-corrected chi connectivity index (χ2v) is 7.29. The third-order valence-corrected chi connectivity index (χ3v) is 4.40. The topological polar surface area (TPSA) is 104 Å². The molecule has 0 radical (unpaired) electrons. The first-order valence-electron chi connectivity index (χ1n) is 7.76. The molecule has 0 unspecified atom stereocenters. The molecule has 1 saturated carbocycles. The molecule has 4 rings (SSSR count). The third kappa shape index (κ3) is 2.23. The molecule has 0 spiro atoms. The first-order chi connectivity index (χ1) is 10.9. The van der Waals surface area contributed by atoms with Gasteiger partial charge in [0, 0.05) is 11.6 Å². The summed E-state index contributed by atoms with van der Waals surface area (Å²) in [7, 11) is 0. The molecule has 3 aromatic rings. The lowest BCUT2D eigenvalue weighted by atomic mass is 9.77. The third-order valence-electron chi connectivity index (χ3n) is 4.40. The number of hydrogen-bond acceptors (Lipinski definition) is 7. The Labute approximate surface area is 133 Å². The highest BCUT2D eigenvalue weighted by Gasteiger charge is 2.39. The number of nitrogens with two attached hydrogens (primary N) is 1. The maximum atomic E-state index is 6.25. The van der Waals surface area contributed by atoms with Gasteiger partial charge in [-0.1, -0.05) is 31.1 Å². The molecule has 0 atom stereocenters. The molecular formula is C16H19N5O2. The van der Waals surface area contributed by atoms with Gasteiger partial charge < -0.3 is 14.8 Å². The summed E-state index contributed by atoms with van der Waals surface area (Å²) >= 11 is 0. The first kappa shape index (κ1) is 14.3. The van der Waals surface area contributed by atoms with E-state index < -0.39 is 5.54 Å². The van der Waals surface area contributed by atoms with Gasteiger partial charge in [-0.05, 0) is 25.3 Å². The fourth-order valence-electron chi connectivity index (χ4n) is 2.81. The number of fused-ring (bicyclic) bond motifs is 1. The normalized spacial score (nSPS) is 17.4. The van der Waals surface area contributed by atoms with Gasteiger partial charge in [0.25, 0.3) is 11.6 Å². The number of nitrogens with zero attached hydrogens (tertiary/aromatic N) is 4. The van der Waals surface area contributed by atoms with E-state index in [1.165, 1.54) is 0 Å². The van der Waals surface area contributed by atoms with Crippen molar-refractivity contribution in [2.24, 2.45) is 5.73 Å². The minimum absolute atomic E-state index is 0.140. The summed E-state index contributed by atoms with van der Waals surface area (Å²) in [5.74, 6) is 0.993. The monoisotopic (exact) mass is 313 g/mol. The van der Waals surface area contributed by atoms with Crippen LogP contribution in [-0.2, 0) is 11.0 Å². The average molecular weight is 313 g/mol. The Kier molecular flexibility index (Phi) is 2.87. The minimum atomic E-state index is -0.437. The molecule has 3 heterocycles. The Morgan fingerprint density at radius 3 is 2.61 bits per heavy atom. The number of hydrogen-bond donors (Lipinski definition) is 1. The maximum absolute atomic E-state index is 6.25. The van der Waals surface area contributed by atoms with Crippen molar-refractivity contribution in [3.63, 3.8) is 0 Å². The van der Waals surface area contributed by atoms with E-state index in [1.54, 1.807) is 6.20 Å². The number of rotatable bonds is 2. The second-order valence-electron chi connectivity index (χ2n) is 7.29. The van der Waals surface area contributed by atoms with Gasteiger partial charge in [-0.3, -0.25) is 0 Å². The lowest BCUT2D eigenvalue weighted by Gasteiger charge is -2.34. The van der Waals surface area contributed by atoms with E-state index in [-0.39, 0.29) is 5.41 Å². The van der Waals surface area contributed by atoms with E-state index in [4.69, 9.17) is 14.8 Å². The quantitative estimate of drug-likeness (QED) is 0.775. The van der Waals surface area contributed by atoms with E-state index in [9.17, 15) is 0 Å². The lowest BCUT2D eigenvalue weighted by Crippen LogP contribution is -2.44. The van der Waals surface area contributed by atoms with E-state index in [2.05, 4.69) is 41.1 Å². The molecule has 0 saturated heterocycles. The Bertz CT molecular complexity index is 870. The molecule has 0 amide bonds. The van der Waals surface area contributed by atoms with Crippen molar-refractivity contribution in [3.8, 4) is 11.5 Å². The van der Waals surface area contributed by atoms with Gasteiger partial charge in [-0.25, -0.2) is 4.98 Å². The predicted molar refractivity (Wildman–Crippen MR) is 83.5 cm³/mol. The summed E-state index contributed by atoms with van der Waals surface area (Å²) in [6, 6.07) is 1.93. The summed E-state index contributed by atoms with van der Waals surface area (Å²) in [6.45, 7) is 6.24. The van der Waals surface area contributed by atoms with Gasteiger partial charge in [-0.15, -0.1) is 0 Å². The van der Waals surface area contributed by atoms with Gasteiger partial charge in [0.15, 0.2) is 5.82 Å². The van der Waals surface area contributed by atoms with Crippen LogP contribution >= 0.6 is 0 Å². The molecule has 7 nitrogen and oxygen atoms in total. The number of aromatic nitrogens is 4. The Hall–Kier alpha value is -2.28. The maximum Gasteiger partial charge on any atom is 0.259 e. The molecule has 0 aromatic carbocycles. The van der Waals surface area contributed by atoms with E-state index in [0.717, 1.165) is 35.9 Å². The van der Waals surface area contributed by atoms with Crippen molar-refractivity contribution in [2.45, 2.75) is 51.0 Å². The summed E-state index contributed by atoms with van der Waals surface area (Å²) < 4.78 is 10.7. The predicted octanol–water partition coefficient (Wildman–Crippen LogP) is 2.91. The van der Waals surface area contributed by atoms with Gasteiger partial charge in [0.1, 0.15) is 0 Å². The van der Waals surface area contributed by atoms with Crippen LogP contribution in [-0.4, -0.2) is 20.3 Å². The molecule has 0 bridgehead atoms. The smallest absolute Gasteiger partial charge is 0.259 e. The zero-order chi connectivity index (χ0) is 16.2. The molecule has 0 aliphatic heterocycles. The number of pyridine rings is 1. The highest BCUT2D eigenvalue weighted by molar-refractivity contribution is 5.81. The van der Waals surface area contributed by atoms with Crippen LogP contribution in [0.2, 0.25) is 0 Å². The van der Waals surface area contributed by atoms with Crippen LogP contribution in [0.3, 0.4) is 0 Å². The summed E-state index contributed by atoms with van der Waals surface area (Å²) in [6.07, 6.45) is 4.54. The summed E-state index contributed by atoms with van der Waals surface area (Å²) in [5.41, 5.74) is 7.78. The molecular weight excluding hydrogens is 294 g/mol. The zero-order valence-electron chi connectivity index (χ0n) is 13.5. The van der Waals surface area contributed by atoms with Crippen LogP contribution in [0.15, 0.2) is 21.3 Å². The van der Waals surface area contributed by atoms with Crippen LogP contribution in [0.4, 0.5) is 0 Å². The van der Waals surface area contributed by atoms with Crippen LogP contribution < -0.4 is 5.73 Å². The summed E-state index contributed by atoms with van der Waals surface area (Å²) in [4.78, 5) is 8.77. The highest BCUT2D eigenvalue weighted by atomic mass is 16.5. The first-order valence-corrected chi connectivity index (χ1v) is 7.76. The molecule has 1 aliphatic carbocycles. The van der Waals surface area contributed by atoms with Crippen molar-refractivity contribution in [3.05, 3.63) is 23.8 Å². The fraction of sp³-hybridized carbons (Fsp3) is 0.500. The average Bonchev–Trinajstić information content (AvgIpc) is 3.10. The van der Waals surface area contributed by atoms with Crippen molar-refractivity contribution < 1.29 is 9.05 Å². The molecule has 1 aliphatic rings. The van der Waals surface area contributed by atoms with Crippen LogP contribution in [0.25, 0.3) is 22.6 Å².